The summed E-state index contributed by atoms with van der Waals surface area (Å²) in [5, 5.41) is 10.6. The fourth-order valence-electron chi connectivity index (χ4n) is 2.61. The van der Waals surface area contributed by atoms with Gasteiger partial charge in [-0.15, -0.1) is 10.2 Å². The summed E-state index contributed by atoms with van der Waals surface area (Å²) >= 11 is 0. The second-order valence-electron chi connectivity index (χ2n) is 5.72. The summed E-state index contributed by atoms with van der Waals surface area (Å²) in [5.41, 5.74) is 3.52. The van der Waals surface area contributed by atoms with E-state index >= 15 is 0 Å². The molecule has 0 spiro atoms. The molecule has 3 rings (SSSR count). The van der Waals surface area contributed by atoms with Crippen LogP contribution in [0.15, 0.2) is 18.5 Å². The molecule has 2 heterocycles. The first-order chi connectivity index (χ1) is 10.5. The van der Waals surface area contributed by atoms with Crippen molar-refractivity contribution in [1.82, 2.24) is 20.1 Å². The molecule has 6 heteroatoms. The molecule has 0 saturated heterocycles. The quantitative estimate of drug-likeness (QED) is 0.924. The Morgan fingerprint density at radius 1 is 1.36 bits per heavy atom. The highest BCUT2D eigenvalue weighted by atomic mass is 16.5. The Morgan fingerprint density at radius 2 is 2.14 bits per heavy atom. The fraction of sp³-hybridized carbons (Fsp3) is 0.438. The lowest BCUT2D eigenvalue weighted by Gasteiger charge is -2.12. The Balaban J connectivity index is 1.55. The molecule has 2 aromatic rings. The van der Waals surface area contributed by atoms with Gasteiger partial charge in [-0.05, 0) is 43.5 Å². The maximum absolute atomic E-state index is 12.2. The predicted octanol–water partition coefficient (Wildman–Crippen LogP) is 1.32. The van der Waals surface area contributed by atoms with Gasteiger partial charge in [0.1, 0.15) is 17.9 Å². The zero-order valence-corrected chi connectivity index (χ0v) is 13.1. The van der Waals surface area contributed by atoms with Crippen molar-refractivity contribution >= 4 is 5.91 Å². The molecule has 0 fully saturated rings. The topological polar surface area (TPSA) is 69.0 Å². The number of hydrogen-bond donors (Lipinski definition) is 1. The summed E-state index contributed by atoms with van der Waals surface area (Å²) < 4.78 is 7.67. The lowest BCUT2D eigenvalue weighted by Crippen LogP contribution is -2.38. The van der Waals surface area contributed by atoms with Crippen molar-refractivity contribution in [3.63, 3.8) is 0 Å². The Morgan fingerprint density at radius 3 is 2.86 bits per heavy atom. The third kappa shape index (κ3) is 2.81. The summed E-state index contributed by atoms with van der Waals surface area (Å²) in [7, 11) is 0. The first-order valence-electron chi connectivity index (χ1n) is 7.43. The Bertz CT molecular complexity index is 677. The highest BCUT2D eigenvalue weighted by Gasteiger charge is 2.29. The number of aromatic nitrogens is 3. The smallest absolute Gasteiger partial charge is 0.261 e. The van der Waals surface area contributed by atoms with Gasteiger partial charge < -0.3 is 14.6 Å². The van der Waals surface area contributed by atoms with Crippen LogP contribution < -0.4 is 10.1 Å². The number of hydrogen-bond acceptors (Lipinski definition) is 4. The maximum Gasteiger partial charge on any atom is 0.261 e. The molecule has 0 bridgehead atoms. The SMILES string of the molecule is Cc1cc2c(cc1C)OC(C(=O)NCCn1cnnc1C)C2. The normalized spacial score (nSPS) is 16.2. The van der Waals surface area contributed by atoms with Gasteiger partial charge in [0.15, 0.2) is 6.10 Å². The van der Waals surface area contributed by atoms with Crippen molar-refractivity contribution in [1.29, 1.82) is 0 Å². The summed E-state index contributed by atoms with van der Waals surface area (Å²) in [6.07, 6.45) is 1.86. The number of ether oxygens (including phenoxy) is 1. The number of nitrogens with zero attached hydrogens (tertiary/aromatic N) is 3. The van der Waals surface area contributed by atoms with Crippen LogP contribution >= 0.6 is 0 Å². The minimum Gasteiger partial charge on any atom is -0.480 e. The number of amides is 1. The van der Waals surface area contributed by atoms with E-state index in [0.717, 1.165) is 17.1 Å². The molecule has 1 atom stereocenters. The van der Waals surface area contributed by atoms with Gasteiger partial charge in [-0.1, -0.05) is 6.07 Å². The number of benzene rings is 1. The molecule has 1 aromatic carbocycles. The van der Waals surface area contributed by atoms with Crippen LogP contribution in [0.3, 0.4) is 0 Å². The van der Waals surface area contributed by atoms with Crippen LogP contribution in [0, 0.1) is 20.8 Å². The molecule has 0 radical (unpaired) electrons. The number of nitrogens with one attached hydrogen (secondary N) is 1. The number of carbonyl (C=O) groups is 1. The van der Waals surface area contributed by atoms with E-state index in [-0.39, 0.29) is 5.91 Å². The second-order valence-corrected chi connectivity index (χ2v) is 5.72. The maximum atomic E-state index is 12.2. The van der Waals surface area contributed by atoms with Crippen molar-refractivity contribution in [2.75, 3.05) is 6.54 Å². The van der Waals surface area contributed by atoms with E-state index < -0.39 is 6.10 Å². The predicted molar refractivity (Wildman–Crippen MR) is 81.8 cm³/mol. The molecule has 1 N–H and O–H groups in total. The molecule has 1 aliphatic rings. The lowest BCUT2D eigenvalue weighted by molar-refractivity contribution is -0.127. The van der Waals surface area contributed by atoms with Crippen LogP contribution in [0.25, 0.3) is 0 Å². The second kappa shape index (κ2) is 5.79. The van der Waals surface area contributed by atoms with Crippen LogP contribution in [0.5, 0.6) is 5.75 Å². The van der Waals surface area contributed by atoms with E-state index in [4.69, 9.17) is 4.74 Å². The van der Waals surface area contributed by atoms with E-state index in [1.165, 1.54) is 11.1 Å². The van der Waals surface area contributed by atoms with Crippen molar-refractivity contribution in [3.8, 4) is 5.75 Å². The van der Waals surface area contributed by atoms with Gasteiger partial charge in [0.05, 0.1) is 0 Å². The molecular weight excluding hydrogens is 280 g/mol. The monoisotopic (exact) mass is 300 g/mol. The standard InChI is InChI=1S/C16H20N4O2/c1-10-6-13-8-15(22-14(13)7-11(10)2)16(21)17-4-5-20-9-18-19-12(20)3/h6-7,9,15H,4-5,8H2,1-3H3,(H,17,21). The zero-order chi connectivity index (χ0) is 15.7. The fourth-order valence-corrected chi connectivity index (χ4v) is 2.61. The number of fused-ring (bicyclic) bond motifs is 1. The van der Waals surface area contributed by atoms with Crippen LogP contribution in [0.4, 0.5) is 0 Å². The van der Waals surface area contributed by atoms with E-state index in [1.54, 1.807) is 6.33 Å². The molecule has 22 heavy (non-hydrogen) atoms. The minimum atomic E-state index is -0.432. The molecule has 0 aliphatic carbocycles. The summed E-state index contributed by atoms with van der Waals surface area (Å²) in [5.74, 6) is 1.60. The van der Waals surface area contributed by atoms with Crippen molar-refractivity contribution in [2.45, 2.75) is 39.8 Å². The Kier molecular flexibility index (Phi) is 3.83. The molecule has 6 nitrogen and oxygen atoms in total. The molecular formula is C16H20N4O2. The largest absolute Gasteiger partial charge is 0.480 e. The van der Waals surface area contributed by atoms with E-state index in [9.17, 15) is 4.79 Å². The van der Waals surface area contributed by atoms with Crippen molar-refractivity contribution in [2.24, 2.45) is 0 Å². The molecule has 0 saturated carbocycles. The van der Waals surface area contributed by atoms with Gasteiger partial charge in [-0.3, -0.25) is 4.79 Å². The van der Waals surface area contributed by atoms with Gasteiger partial charge in [-0.2, -0.15) is 0 Å². The Labute approximate surface area is 129 Å². The lowest BCUT2D eigenvalue weighted by atomic mass is 10.0. The number of aryl methyl sites for hydroxylation is 3. The third-order valence-electron chi connectivity index (χ3n) is 4.10. The summed E-state index contributed by atoms with van der Waals surface area (Å²) in [6.45, 7) is 7.20. The van der Waals surface area contributed by atoms with Crippen molar-refractivity contribution in [3.05, 3.63) is 41.0 Å². The first-order valence-corrected chi connectivity index (χ1v) is 7.43. The van der Waals surface area contributed by atoms with Gasteiger partial charge in [0.2, 0.25) is 0 Å². The minimum absolute atomic E-state index is 0.0720. The van der Waals surface area contributed by atoms with Crippen LogP contribution in [-0.4, -0.2) is 33.3 Å². The van der Waals surface area contributed by atoms with Gasteiger partial charge in [0.25, 0.3) is 5.91 Å². The number of rotatable bonds is 4. The third-order valence-corrected chi connectivity index (χ3v) is 4.10. The van der Waals surface area contributed by atoms with Crippen molar-refractivity contribution < 1.29 is 9.53 Å². The number of carbonyl (C=O) groups excluding carboxylic acids is 1. The molecule has 1 amide bonds. The average molecular weight is 300 g/mol. The Hall–Kier alpha value is -2.37. The molecule has 1 aromatic heterocycles. The van der Waals surface area contributed by atoms with E-state index in [0.29, 0.717) is 19.5 Å². The van der Waals surface area contributed by atoms with Gasteiger partial charge >= 0.3 is 0 Å². The summed E-state index contributed by atoms with van der Waals surface area (Å²) in [6, 6.07) is 4.12. The highest BCUT2D eigenvalue weighted by molar-refractivity contribution is 5.82. The highest BCUT2D eigenvalue weighted by Crippen LogP contribution is 2.31. The van der Waals surface area contributed by atoms with Gasteiger partial charge in [0, 0.05) is 19.5 Å². The van der Waals surface area contributed by atoms with Crippen LogP contribution in [0.1, 0.15) is 22.5 Å². The van der Waals surface area contributed by atoms with E-state index in [2.05, 4.69) is 28.5 Å². The van der Waals surface area contributed by atoms with Crippen LogP contribution in [-0.2, 0) is 17.8 Å². The average Bonchev–Trinajstić information content (AvgIpc) is 3.06. The summed E-state index contributed by atoms with van der Waals surface area (Å²) in [4.78, 5) is 12.2. The van der Waals surface area contributed by atoms with Gasteiger partial charge in [-0.25, -0.2) is 0 Å². The molecule has 1 aliphatic heterocycles. The first kappa shape index (κ1) is 14.6. The molecule has 1 unspecified atom stereocenters. The molecule has 116 valence electrons. The van der Waals surface area contributed by atoms with E-state index in [1.807, 2.05) is 24.5 Å². The van der Waals surface area contributed by atoms with Crippen LogP contribution in [0.2, 0.25) is 0 Å². The zero-order valence-electron chi connectivity index (χ0n) is 13.1.